The van der Waals surface area contributed by atoms with Gasteiger partial charge < -0.3 is 9.88 Å². The second-order valence-corrected chi connectivity index (χ2v) is 6.30. The molecule has 0 aliphatic rings. The topological polar surface area (TPSA) is 55.6 Å². The molecule has 0 radical (unpaired) electrons. The van der Waals surface area contributed by atoms with Crippen molar-refractivity contribution < 1.29 is 4.39 Å². The van der Waals surface area contributed by atoms with Gasteiger partial charge in [-0.2, -0.15) is 0 Å². The second-order valence-electron chi connectivity index (χ2n) is 6.30. The zero-order chi connectivity index (χ0) is 18.6. The second kappa shape index (κ2) is 7.63. The fourth-order valence-corrected chi connectivity index (χ4v) is 3.39. The lowest BCUT2D eigenvalue weighted by molar-refractivity contribution is 0.627. The number of nitrogens with one attached hydrogen (secondary N) is 1. The van der Waals surface area contributed by atoms with Crippen molar-refractivity contribution in [2.45, 2.75) is 13.0 Å². The maximum absolute atomic E-state index is 13.5. The van der Waals surface area contributed by atoms with Crippen molar-refractivity contribution in [2.75, 3.05) is 13.6 Å². The summed E-state index contributed by atoms with van der Waals surface area (Å²) in [4.78, 5) is 13.4. The molecule has 0 aliphatic heterocycles. The molecular weight excluding hydrogens is 341 g/mol. The summed E-state index contributed by atoms with van der Waals surface area (Å²) in [6, 6.07) is 10.5. The third kappa shape index (κ3) is 3.31. The summed E-state index contributed by atoms with van der Waals surface area (Å²) in [5.74, 6) is -0.256. The Labute approximate surface area is 156 Å². The van der Waals surface area contributed by atoms with E-state index in [0.29, 0.717) is 0 Å². The van der Waals surface area contributed by atoms with Gasteiger partial charge in [0.1, 0.15) is 11.3 Å². The third-order valence-corrected chi connectivity index (χ3v) is 4.57. The summed E-state index contributed by atoms with van der Waals surface area (Å²) >= 11 is 0. The average Bonchev–Trinajstić information content (AvgIpc) is 3.04. The molecule has 0 spiro atoms. The standard InChI is InChI=1S/C21H20FN5/c1-23-9-2-14-27-20(16-7-10-24-11-8-16)18(15-3-5-17(22)6-4-15)19-21(27)26-13-12-25-19/h3-8,10-13,23H,2,9,14H2,1H3. The van der Waals surface area contributed by atoms with Gasteiger partial charge >= 0.3 is 0 Å². The minimum Gasteiger partial charge on any atom is -0.323 e. The maximum Gasteiger partial charge on any atom is 0.159 e. The molecule has 0 saturated carbocycles. The van der Waals surface area contributed by atoms with E-state index >= 15 is 0 Å². The number of nitrogens with zero attached hydrogens (tertiary/aromatic N) is 4. The Bertz CT molecular complexity index is 1040. The molecule has 27 heavy (non-hydrogen) atoms. The van der Waals surface area contributed by atoms with Crippen LogP contribution in [0.25, 0.3) is 33.5 Å². The smallest absolute Gasteiger partial charge is 0.159 e. The van der Waals surface area contributed by atoms with Crippen molar-refractivity contribution in [3.05, 3.63) is 67.0 Å². The first kappa shape index (κ1) is 17.3. The van der Waals surface area contributed by atoms with E-state index in [9.17, 15) is 4.39 Å². The van der Waals surface area contributed by atoms with Gasteiger partial charge in [0.2, 0.25) is 0 Å². The van der Waals surface area contributed by atoms with Crippen LogP contribution < -0.4 is 5.32 Å². The molecule has 1 N–H and O–H groups in total. The average molecular weight is 361 g/mol. The molecule has 0 unspecified atom stereocenters. The number of aryl methyl sites for hydroxylation is 1. The van der Waals surface area contributed by atoms with E-state index in [-0.39, 0.29) is 5.82 Å². The molecule has 4 aromatic rings. The first-order valence-corrected chi connectivity index (χ1v) is 8.93. The SMILES string of the molecule is CNCCCn1c(-c2ccncc2)c(-c2ccc(F)cc2)c2nccnc21. The summed E-state index contributed by atoms with van der Waals surface area (Å²) in [6.07, 6.45) is 7.92. The van der Waals surface area contributed by atoms with Gasteiger partial charge in [0.05, 0.1) is 5.69 Å². The van der Waals surface area contributed by atoms with E-state index in [2.05, 4.69) is 24.8 Å². The van der Waals surface area contributed by atoms with E-state index in [1.165, 1.54) is 12.1 Å². The number of hydrogen-bond acceptors (Lipinski definition) is 4. The number of fused-ring (bicyclic) bond motifs is 1. The van der Waals surface area contributed by atoms with Gasteiger partial charge in [0.15, 0.2) is 5.65 Å². The fourth-order valence-electron chi connectivity index (χ4n) is 3.39. The third-order valence-electron chi connectivity index (χ3n) is 4.57. The number of benzene rings is 1. The highest BCUT2D eigenvalue weighted by Gasteiger charge is 2.21. The predicted octanol–water partition coefficient (Wildman–Crippen LogP) is 3.91. The van der Waals surface area contributed by atoms with Crippen LogP contribution in [0.2, 0.25) is 0 Å². The predicted molar refractivity (Wildman–Crippen MR) is 105 cm³/mol. The monoisotopic (exact) mass is 361 g/mol. The molecule has 1 aromatic carbocycles. The Morgan fingerprint density at radius 1 is 0.926 bits per heavy atom. The van der Waals surface area contributed by atoms with E-state index in [0.717, 1.165) is 53.1 Å². The van der Waals surface area contributed by atoms with E-state index in [1.54, 1.807) is 36.9 Å². The Balaban J connectivity index is 2.01. The molecule has 0 fully saturated rings. The Morgan fingerprint density at radius 3 is 2.41 bits per heavy atom. The van der Waals surface area contributed by atoms with Crippen LogP contribution in [0, 0.1) is 5.82 Å². The summed E-state index contributed by atoms with van der Waals surface area (Å²) in [5.41, 5.74) is 5.60. The summed E-state index contributed by atoms with van der Waals surface area (Å²) < 4.78 is 15.7. The van der Waals surface area contributed by atoms with Gasteiger partial charge in [-0.25, -0.2) is 9.37 Å². The fraction of sp³-hybridized carbons (Fsp3) is 0.190. The number of rotatable bonds is 6. The number of hydrogen-bond donors (Lipinski definition) is 1. The summed E-state index contributed by atoms with van der Waals surface area (Å²) in [7, 11) is 1.95. The molecule has 6 heteroatoms. The zero-order valence-electron chi connectivity index (χ0n) is 15.1. The van der Waals surface area contributed by atoms with Crippen molar-refractivity contribution in [2.24, 2.45) is 0 Å². The largest absolute Gasteiger partial charge is 0.323 e. The van der Waals surface area contributed by atoms with Crippen molar-refractivity contribution in [1.82, 2.24) is 24.8 Å². The molecule has 3 aromatic heterocycles. The number of aromatic nitrogens is 4. The Hall–Kier alpha value is -3.12. The van der Waals surface area contributed by atoms with Gasteiger partial charge in [-0.3, -0.25) is 9.97 Å². The van der Waals surface area contributed by atoms with Crippen LogP contribution in [0.1, 0.15) is 6.42 Å². The summed E-state index contributed by atoms with van der Waals surface area (Å²) in [6.45, 7) is 1.70. The minimum absolute atomic E-state index is 0.256. The van der Waals surface area contributed by atoms with Crippen molar-refractivity contribution in [3.63, 3.8) is 0 Å². The summed E-state index contributed by atoms with van der Waals surface area (Å²) in [5, 5.41) is 3.19. The number of pyridine rings is 1. The first-order chi connectivity index (χ1) is 13.3. The van der Waals surface area contributed by atoms with E-state index in [4.69, 9.17) is 0 Å². The van der Waals surface area contributed by atoms with Gasteiger partial charge in [-0.1, -0.05) is 12.1 Å². The Morgan fingerprint density at radius 2 is 1.67 bits per heavy atom. The lowest BCUT2D eigenvalue weighted by Crippen LogP contribution is -2.11. The first-order valence-electron chi connectivity index (χ1n) is 8.93. The quantitative estimate of drug-likeness (QED) is 0.529. The van der Waals surface area contributed by atoms with Gasteiger partial charge in [0, 0.05) is 42.5 Å². The molecule has 0 aliphatic carbocycles. The molecule has 0 bridgehead atoms. The van der Waals surface area contributed by atoms with Crippen molar-refractivity contribution in [1.29, 1.82) is 0 Å². The lowest BCUT2D eigenvalue weighted by Gasteiger charge is -2.12. The van der Waals surface area contributed by atoms with Crippen LogP contribution in [0.15, 0.2) is 61.2 Å². The molecule has 0 amide bonds. The molecule has 136 valence electrons. The highest BCUT2D eigenvalue weighted by atomic mass is 19.1. The Kier molecular flexibility index (Phi) is 4.89. The number of halogens is 1. The van der Waals surface area contributed by atoms with Crippen molar-refractivity contribution >= 4 is 11.2 Å². The zero-order valence-corrected chi connectivity index (χ0v) is 15.1. The van der Waals surface area contributed by atoms with Gasteiger partial charge in [-0.05, 0) is 49.8 Å². The van der Waals surface area contributed by atoms with Crippen LogP contribution in [-0.4, -0.2) is 33.1 Å². The van der Waals surface area contributed by atoms with Gasteiger partial charge in [-0.15, -0.1) is 0 Å². The highest BCUT2D eigenvalue weighted by molar-refractivity contribution is 6.00. The maximum atomic E-state index is 13.5. The molecule has 0 saturated heterocycles. The van der Waals surface area contributed by atoms with Crippen LogP contribution in [-0.2, 0) is 6.54 Å². The highest BCUT2D eigenvalue weighted by Crippen LogP contribution is 2.39. The van der Waals surface area contributed by atoms with Crippen LogP contribution in [0.3, 0.4) is 0 Å². The van der Waals surface area contributed by atoms with Crippen molar-refractivity contribution in [3.8, 4) is 22.4 Å². The normalized spacial score (nSPS) is 11.2. The van der Waals surface area contributed by atoms with Crippen LogP contribution in [0.4, 0.5) is 4.39 Å². The molecule has 3 heterocycles. The molecule has 0 atom stereocenters. The van der Waals surface area contributed by atoms with Gasteiger partial charge in [0.25, 0.3) is 0 Å². The van der Waals surface area contributed by atoms with E-state index in [1.807, 2.05) is 19.2 Å². The molecule has 4 rings (SSSR count). The van der Waals surface area contributed by atoms with E-state index < -0.39 is 0 Å². The van der Waals surface area contributed by atoms with Crippen LogP contribution >= 0.6 is 0 Å². The lowest BCUT2D eigenvalue weighted by atomic mass is 10.0. The molecular formula is C21H20FN5. The van der Waals surface area contributed by atoms with Crippen LogP contribution in [0.5, 0.6) is 0 Å². The molecule has 5 nitrogen and oxygen atoms in total. The minimum atomic E-state index is -0.256.